The third kappa shape index (κ3) is 2.38. The summed E-state index contributed by atoms with van der Waals surface area (Å²) in [5.74, 6) is 0.459. The maximum atomic E-state index is 11.4. The van der Waals surface area contributed by atoms with Gasteiger partial charge in [-0.2, -0.15) is 0 Å². The van der Waals surface area contributed by atoms with Gasteiger partial charge in [0.05, 0.1) is 24.8 Å². The molecule has 6 heteroatoms. The highest BCUT2D eigenvalue weighted by Crippen LogP contribution is 2.50. The van der Waals surface area contributed by atoms with Crippen molar-refractivity contribution < 1.29 is 24.1 Å². The van der Waals surface area contributed by atoms with Crippen LogP contribution in [0, 0.1) is 5.41 Å². The summed E-state index contributed by atoms with van der Waals surface area (Å²) in [4.78, 5) is 11.4. The highest BCUT2D eigenvalue weighted by Gasteiger charge is 2.46. The van der Waals surface area contributed by atoms with Crippen LogP contribution in [0.1, 0.15) is 24.5 Å². The molecular formula is C14H15BrO5. The minimum atomic E-state index is -1.33. The number of aliphatic hydroxyl groups excluding tert-OH is 1. The Morgan fingerprint density at radius 1 is 1.40 bits per heavy atom. The van der Waals surface area contributed by atoms with Crippen LogP contribution >= 0.6 is 15.9 Å². The second-order valence-electron chi connectivity index (χ2n) is 5.33. The second kappa shape index (κ2) is 4.93. The van der Waals surface area contributed by atoms with Crippen LogP contribution < -0.4 is 9.47 Å². The fraction of sp³-hybridized carbons (Fsp3) is 0.500. The van der Waals surface area contributed by atoms with Crippen LogP contribution in [0.2, 0.25) is 0 Å². The molecule has 2 aliphatic rings. The molecule has 3 rings (SSSR count). The molecule has 1 heterocycles. The number of carbonyl (C=O) groups excluding carboxylic acids is 1. The summed E-state index contributed by atoms with van der Waals surface area (Å²) in [6.07, 6.45) is 0.885. The predicted molar refractivity (Wildman–Crippen MR) is 73.8 cm³/mol. The van der Waals surface area contributed by atoms with Gasteiger partial charge in [0.15, 0.2) is 17.6 Å². The van der Waals surface area contributed by atoms with Crippen molar-refractivity contribution in [3.8, 4) is 11.5 Å². The number of fused-ring (bicyclic) bond motifs is 1. The van der Waals surface area contributed by atoms with Gasteiger partial charge in [-0.15, -0.1) is 0 Å². The number of carbonyl (C=O) groups is 1. The molecule has 1 spiro atoms. The first kappa shape index (κ1) is 13.7. The monoisotopic (exact) mass is 342 g/mol. The van der Waals surface area contributed by atoms with Crippen molar-refractivity contribution in [2.24, 2.45) is 5.41 Å². The largest absolute Gasteiger partial charge is 0.489 e. The highest BCUT2D eigenvalue weighted by atomic mass is 79.9. The van der Waals surface area contributed by atoms with Crippen molar-refractivity contribution in [1.29, 1.82) is 0 Å². The van der Waals surface area contributed by atoms with Crippen LogP contribution in [0.3, 0.4) is 0 Å². The average molecular weight is 343 g/mol. The molecule has 1 unspecified atom stereocenters. The molecule has 1 aromatic rings. The minimum Gasteiger partial charge on any atom is -0.489 e. The summed E-state index contributed by atoms with van der Waals surface area (Å²) in [6.45, 7) is 1.24. The van der Waals surface area contributed by atoms with Crippen LogP contribution in [-0.2, 0) is 9.53 Å². The molecule has 1 fully saturated rings. The zero-order valence-corrected chi connectivity index (χ0v) is 12.6. The molecular weight excluding hydrogens is 328 g/mol. The Balaban J connectivity index is 1.92. The Hall–Kier alpha value is -1.27. The zero-order chi connectivity index (χ0) is 14.3. The summed E-state index contributed by atoms with van der Waals surface area (Å²) in [6, 6.07) is 3.28. The third-order valence-corrected chi connectivity index (χ3v) is 4.37. The Morgan fingerprint density at radius 2 is 2.10 bits per heavy atom. The Kier molecular flexibility index (Phi) is 3.38. The molecule has 0 radical (unpaired) electrons. The average Bonchev–Trinajstić information content (AvgIpc) is 3.24. The van der Waals surface area contributed by atoms with Crippen molar-refractivity contribution >= 4 is 21.9 Å². The normalized spacial score (nSPS) is 20.1. The molecule has 108 valence electrons. The van der Waals surface area contributed by atoms with Gasteiger partial charge in [-0.25, -0.2) is 4.79 Å². The summed E-state index contributed by atoms with van der Waals surface area (Å²) in [5.41, 5.74) is 0.553. The number of methoxy groups -OCH3 is 1. The van der Waals surface area contributed by atoms with Gasteiger partial charge in [-0.05, 0) is 46.5 Å². The molecule has 1 aromatic carbocycles. The van der Waals surface area contributed by atoms with Crippen molar-refractivity contribution in [2.75, 3.05) is 20.3 Å². The van der Waals surface area contributed by atoms with E-state index in [-0.39, 0.29) is 5.41 Å². The lowest BCUT2D eigenvalue weighted by Gasteiger charge is -2.14. The second-order valence-corrected chi connectivity index (χ2v) is 6.19. The maximum absolute atomic E-state index is 11.4. The fourth-order valence-electron chi connectivity index (χ4n) is 2.20. The van der Waals surface area contributed by atoms with Crippen molar-refractivity contribution in [3.63, 3.8) is 0 Å². The lowest BCUT2D eigenvalue weighted by atomic mass is 10.1. The summed E-state index contributed by atoms with van der Waals surface area (Å²) in [7, 11) is 1.24. The number of rotatable bonds is 2. The Labute approximate surface area is 125 Å². The molecule has 1 N–H and O–H groups in total. The molecule has 1 aliphatic heterocycles. The quantitative estimate of drug-likeness (QED) is 0.834. The van der Waals surface area contributed by atoms with E-state index in [0.29, 0.717) is 34.7 Å². The molecule has 20 heavy (non-hydrogen) atoms. The number of aliphatic hydroxyl groups is 1. The number of halogens is 1. The maximum Gasteiger partial charge on any atom is 0.339 e. The smallest absolute Gasteiger partial charge is 0.339 e. The Bertz CT molecular complexity index is 553. The zero-order valence-electron chi connectivity index (χ0n) is 11.0. The number of hydrogen-bond donors (Lipinski definition) is 1. The summed E-state index contributed by atoms with van der Waals surface area (Å²) < 4.78 is 16.8. The predicted octanol–water partition coefficient (Wildman–Crippen LogP) is 2.21. The number of hydrogen-bond acceptors (Lipinski definition) is 5. The number of benzene rings is 1. The van der Waals surface area contributed by atoms with E-state index in [4.69, 9.17) is 9.47 Å². The van der Waals surface area contributed by atoms with Gasteiger partial charge in [0.1, 0.15) is 0 Å². The summed E-state index contributed by atoms with van der Waals surface area (Å²) in [5, 5.41) is 9.91. The van der Waals surface area contributed by atoms with Gasteiger partial charge >= 0.3 is 5.97 Å². The molecule has 0 aromatic heterocycles. The minimum absolute atomic E-state index is 0.138. The number of ether oxygens (including phenoxy) is 3. The van der Waals surface area contributed by atoms with E-state index in [1.165, 1.54) is 7.11 Å². The van der Waals surface area contributed by atoms with Crippen LogP contribution in [0.25, 0.3) is 0 Å². The van der Waals surface area contributed by atoms with E-state index in [0.717, 1.165) is 12.8 Å². The fourth-order valence-corrected chi connectivity index (χ4v) is 2.78. The van der Waals surface area contributed by atoms with Gasteiger partial charge in [-0.1, -0.05) is 0 Å². The van der Waals surface area contributed by atoms with Crippen LogP contribution in [0.5, 0.6) is 11.5 Å². The molecule has 0 bridgehead atoms. The topological polar surface area (TPSA) is 65.0 Å². The van der Waals surface area contributed by atoms with Gasteiger partial charge in [-0.3, -0.25) is 0 Å². The third-order valence-electron chi connectivity index (χ3n) is 3.79. The molecule has 1 aliphatic carbocycles. The molecule has 0 saturated heterocycles. The first-order chi connectivity index (χ1) is 9.54. The standard InChI is InChI=1S/C14H15BrO5/c1-18-13(17)11(16)8-4-9(15)12-10(5-8)19-6-14(2-3-14)7-20-12/h4-5,11,16H,2-3,6-7H2,1H3. The highest BCUT2D eigenvalue weighted by molar-refractivity contribution is 9.10. The van der Waals surface area contributed by atoms with E-state index in [2.05, 4.69) is 20.7 Å². The van der Waals surface area contributed by atoms with E-state index in [1.807, 2.05) is 0 Å². The lowest BCUT2D eigenvalue weighted by molar-refractivity contribution is -0.150. The SMILES string of the molecule is COC(=O)C(O)c1cc(Br)c2c(c1)OCC1(CC1)CO2. The van der Waals surface area contributed by atoms with E-state index < -0.39 is 12.1 Å². The molecule has 0 amide bonds. The van der Waals surface area contributed by atoms with E-state index in [1.54, 1.807) is 12.1 Å². The van der Waals surface area contributed by atoms with Crippen LogP contribution in [0.15, 0.2) is 16.6 Å². The van der Waals surface area contributed by atoms with E-state index >= 15 is 0 Å². The van der Waals surface area contributed by atoms with Crippen molar-refractivity contribution in [1.82, 2.24) is 0 Å². The number of esters is 1. The summed E-state index contributed by atoms with van der Waals surface area (Å²) >= 11 is 3.40. The molecule has 1 atom stereocenters. The van der Waals surface area contributed by atoms with Gasteiger partial charge in [0.25, 0.3) is 0 Å². The van der Waals surface area contributed by atoms with E-state index in [9.17, 15) is 9.90 Å². The lowest BCUT2D eigenvalue weighted by Crippen LogP contribution is -2.17. The van der Waals surface area contributed by atoms with Gasteiger partial charge in [0.2, 0.25) is 0 Å². The van der Waals surface area contributed by atoms with Gasteiger partial charge in [0, 0.05) is 5.41 Å². The first-order valence-electron chi connectivity index (χ1n) is 6.40. The van der Waals surface area contributed by atoms with Crippen LogP contribution in [0.4, 0.5) is 0 Å². The Morgan fingerprint density at radius 3 is 2.75 bits per heavy atom. The molecule has 1 saturated carbocycles. The first-order valence-corrected chi connectivity index (χ1v) is 7.19. The van der Waals surface area contributed by atoms with Crippen LogP contribution in [-0.4, -0.2) is 31.4 Å². The van der Waals surface area contributed by atoms with Crippen molar-refractivity contribution in [2.45, 2.75) is 18.9 Å². The van der Waals surface area contributed by atoms with Gasteiger partial charge < -0.3 is 19.3 Å². The van der Waals surface area contributed by atoms with Crippen molar-refractivity contribution in [3.05, 3.63) is 22.2 Å². The molecule has 5 nitrogen and oxygen atoms in total.